The highest BCUT2D eigenvalue weighted by molar-refractivity contribution is 5.95. The van der Waals surface area contributed by atoms with Crippen LogP contribution in [0.1, 0.15) is 28.9 Å². The highest BCUT2D eigenvalue weighted by Gasteiger charge is 2.17. The monoisotopic (exact) mass is 243 g/mol. The third kappa shape index (κ3) is 3.00. The molecule has 1 aliphatic heterocycles. The molecule has 1 aliphatic rings. The highest BCUT2D eigenvalue weighted by Crippen LogP contribution is 2.07. The number of aryl methyl sites for hydroxylation is 1. The molecule has 0 saturated carbocycles. The maximum Gasteiger partial charge on any atom is 0.253 e. The summed E-state index contributed by atoms with van der Waals surface area (Å²) in [6.45, 7) is 3.86. The van der Waals surface area contributed by atoms with Crippen LogP contribution in [0.2, 0.25) is 0 Å². The largest absolute Gasteiger partial charge is 0.365 e. The lowest BCUT2D eigenvalue weighted by Gasteiger charge is -2.23. The van der Waals surface area contributed by atoms with E-state index in [1.165, 1.54) is 0 Å². The Morgan fingerprint density at radius 1 is 1.56 bits per heavy atom. The third-order valence-corrected chi connectivity index (χ3v) is 2.83. The van der Waals surface area contributed by atoms with Crippen molar-refractivity contribution in [3.63, 3.8) is 0 Å². The average molecular weight is 244 g/mol. The van der Waals surface area contributed by atoms with E-state index in [4.69, 9.17) is 0 Å². The average Bonchev–Trinajstić information content (AvgIpc) is 2.66. The van der Waals surface area contributed by atoms with Crippen molar-refractivity contribution < 1.29 is 4.79 Å². The number of amides is 1. The van der Waals surface area contributed by atoms with Crippen LogP contribution in [-0.4, -0.2) is 30.0 Å². The minimum Gasteiger partial charge on any atom is -0.365 e. The van der Waals surface area contributed by atoms with Crippen molar-refractivity contribution in [3.05, 3.63) is 23.5 Å². The molecule has 0 aliphatic carbocycles. The van der Waals surface area contributed by atoms with Gasteiger partial charge in [0, 0.05) is 24.5 Å². The molecule has 0 spiro atoms. The topological polar surface area (TPSA) is 56.9 Å². The molecule has 3 N–H and O–H groups in total. The fourth-order valence-electron chi connectivity index (χ4n) is 1.94. The van der Waals surface area contributed by atoms with E-state index in [1.54, 1.807) is 6.20 Å². The first-order chi connectivity index (χ1) is 7.27. The molecule has 1 aromatic rings. The Kier molecular flexibility index (Phi) is 4.83. The van der Waals surface area contributed by atoms with Crippen LogP contribution in [0.3, 0.4) is 0 Å². The second-order valence-corrected chi connectivity index (χ2v) is 4.03. The number of H-pyrrole nitrogens is 1. The van der Waals surface area contributed by atoms with Gasteiger partial charge in [-0.3, -0.25) is 4.79 Å². The van der Waals surface area contributed by atoms with Crippen LogP contribution < -0.4 is 10.6 Å². The van der Waals surface area contributed by atoms with E-state index >= 15 is 0 Å². The first-order valence-electron chi connectivity index (χ1n) is 5.43. The van der Waals surface area contributed by atoms with E-state index < -0.39 is 0 Å². The van der Waals surface area contributed by atoms with Crippen molar-refractivity contribution in [2.24, 2.45) is 0 Å². The Hall–Kier alpha value is -1.00. The SMILES string of the molecule is Cc1[nH]ccc1C(=O)N[C@H]1CCCNC1.Cl. The summed E-state index contributed by atoms with van der Waals surface area (Å²) in [6.07, 6.45) is 4.00. The lowest BCUT2D eigenvalue weighted by atomic mass is 10.1. The van der Waals surface area contributed by atoms with Crippen LogP contribution in [0, 0.1) is 6.92 Å². The number of carbonyl (C=O) groups excluding carboxylic acids is 1. The summed E-state index contributed by atoms with van der Waals surface area (Å²) < 4.78 is 0. The zero-order valence-corrected chi connectivity index (χ0v) is 10.2. The molecule has 0 bridgehead atoms. The summed E-state index contributed by atoms with van der Waals surface area (Å²) in [4.78, 5) is 14.8. The number of rotatable bonds is 2. The van der Waals surface area contributed by atoms with Crippen molar-refractivity contribution in [1.29, 1.82) is 0 Å². The molecule has 1 fully saturated rings. The number of carbonyl (C=O) groups is 1. The molecule has 1 aromatic heterocycles. The Morgan fingerprint density at radius 3 is 2.94 bits per heavy atom. The summed E-state index contributed by atoms with van der Waals surface area (Å²) >= 11 is 0. The van der Waals surface area contributed by atoms with Crippen molar-refractivity contribution >= 4 is 18.3 Å². The van der Waals surface area contributed by atoms with Gasteiger partial charge in [-0.2, -0.15) is 0 Å². The van der Waals surface area contributed by atoms with Crippen LogP contribution >= 0.6 is 12.4 Å². The smallest absolute Gasteiger partial charge is 0.253 e. The van der Waals surface area contributed by atoms with E-state index in [0.717, 1.165) is 37.2 Å². The number of halogens is 1. The molecular formula is C11H18ClN3O. The molecule has 90 valence electrons. The van der Waals surface area contributed by atoms with E-state index in [2.05, 4.69) is 15.6 Å². The fourth-order valence-corrected chi connectivity index (χ4v) is 1.94. The zero-order valence-electron chi connectivity index (χ0n) is 9.38. The van der Waals surface area contributed by atoms with Gasteiger partial charge in [0.1, 0.15) is 0 Å². The Bertz CT molecular complexity index is 345. The van der Waals surface area contributed by atoms with Crippen molar-refractivity contribution in [2.75, 3.05) is 13.1 Å². The van der Waals surface area contributed by atoms with Gasteiger partial charge in [-0.25, -0.2) is 0 Å². The van der Waals surface area contributed by atoms with Gasteiger partial charge in [-0.1, -0.05) is 0 Å². The summed E-state index contributed by atoms with van der Waals surface area (Å²) in [6, 6.07) is 2.10. The first kappa shape index (κ1) is 13.1. The van der Waals surface area contributed by atoms with Gasteiger partial charge in [0.25, 0.3) is 5.91 Å². The molecule has 5 heteroatoms. The molecule has 0 unspecified atom stereocenters. The Balaban J connectivity index is 0.00000128. The van der Waals surface area contributed by atoms with E-state index in [0.29, 0.717) is 0 Å². The van der Waals surface area contributed by atoms with Crippen LogP contribution in [0.4, 0.5) is 0 Å². The lowest BCUT2D eigenvalue weighted by Crippen LogP contribution is -2.45. The van der Waals surface area contributed by atoms with Gasteiger partial charge in [0.2, 0.25) is 0 Å². The molecule has 2 heterocycles. The van der Waals surface area contributed by atoms with Gasteiger partial charge in [-0.15, -0.1) is 12.4 Å². The maximum atomic E-state index is 11.8. The minimum absolute atomic E-state index is 0. The second-order valence-electron chi connectivity index (χ2n) is 4.03. The molecule has 4 nitrogen and oxygen atoms in total. The predicted molar refractivity (Wildman–Crippen MR) is 66.1 cm³/mol. The Morgan fingerprint density at radius 2 is 2.38 bits per heavy atom. The zero-order chi connectivity index (χ0) is 10.7. The molecule has 1 atom stereocenters. The maximum absolute atomic E-state index is 11.8. The van der Waals surface area contributed by atoms with Gasteiger partial charge in [0.05, 0.1) is 5.56 Å². The normalized spacial score (nSPS) is 19.9. The van der Waals surface area contributed by atoms with Crippen LogP contribution in [0.25, 0.3) is 0 Å². The third-order valence-electron chi connectivity index (χ3n) is 2.83. The summed E-state index contributed by atoms with van der Waals surface area (Å²) in [7, 11) is 0. The summed E-state index contributed by atoms with van der Waals surface area (Å²) in [5.41, 5.74) is 1.68. The lowest BCUT2D eigenvalue weighted by molar-refractivity contribution is 0.0930. The molecule has 0 aromatic carbocycles. The molecular weight excluding hydrogens is 226 g/mol. The minimum atomic E-state index is 0. The number of aromatic nitrogens is 1. The van der Waals surface area contributed by atoms with Gasteiger partial charge in [0.15, 0.2) is 0 Å². The van der Waals surface area contributed by atoms with Gasteiger partial charge < -0.3 is 15.6 Å². The number of aromatic amines is 1. The number of piperidine rings is 1. The quantitative estimate of drug-likeness (QED) is 0.732. The Labute approximate surface area is 102 Å². The highest BCUT2D eigenvalue weighted by atomic mass is 35.5. The number of hydrogen-bond acceptors (Lipinski definition) is 2. The molecule has 1 saturated heterocycles. The molecule has 1 amide bonds. The standard InChI is InChI=1S/C11H17N3O.ClH/c1-8-10(4-6-13-8)11(15)14-9-3-2-5-12-7-9;/h4,6,9,12-13H,2-3,5,7H2,1H3,(H,14,15);1H/t9-;/m0./s1. The van der Waals surface area contributed by atoms with E-state index in [-0.39, 0.29) is 24.4 Å². The fraction of sp³-hybridized carbons (Fsp3) is 0.545. The van der Waals surface area contributed by atoms with Crippen LogP contribution in [-0.2, 0) is 0 Å². The van der Waals surface area contributed by atoms with Gasteiger partial charge >= 0.3 is 0 Å². The summed E-state index contributed by atoms with van der Waals surface area (Å²) in [5.74, 6) is 0.0300. The van der Waals surface area contributed by atoms with Crippen LogP contribution in [0.5, 0.6) is 0 Å². The molecule has 2 rings (SSSR count). The molecule has 16 heavy (non-hydrogen) atoms. The van der Waals surface area contributed by atoms with Gasteiger partial charge in [-0.05, 0) is 32.4 Å². The number of hydrogen-bond donors (Lipinski definition) is 3. The van der Waals surface area contributed by atoms with Crippen molar-refractivity contribution in [1.82, 2.24) is 15.6 Å². The van der Waals surface area contributed by atoms with E-state index in [1.807, 2.05) is 13.0 Å². The first-order valence-corrected chi connectivity index (χ1v) is 5.43. The van der Waals surface area contributed by atoms with Crippen LogP contribution in [0.15, 0.2) is 12.3 Å². The number of nitrogens with one attached hydrogen (secondary N) is 3. The predicted octanol–water partition coefficient (Wildman–Crippen LogP) is 1.23. The summed E-state index contributed by atoms with van der Waals surface area (Å²) in [5, 5.41) is 6.32. The van der Waals surface area contributed by atoms with Crippen molar-refractivity contribution in [3.8, 4) is 0 Å². The molecule has 0 radical (unpaired) electrons. The van der Waals surface area contributed by atoms with E-state index in [9.17, 15) is 4.79 Å². The second kappa shape index (κ2) is 5.92. The van der Waals surface area contributed by atoms with Crippen molar-refractivity contribution in [2.45, 2.75) is 25.8 Å².